The Kier molecular flexibility index (Phi) is 26.2. The molecule has 6 N–H and O–H groups in total. The van der Waals surface area contributed by atoms with Crippen molar-refractivity contribution in [2.45, 2.75) is 90.8 Å². The molecular formula is C78H81F3N12O10. The summed E-state index contributed by atoms with van der Waals surface area (Å²) in [5.41, 5.74) is 8.68. The standard InChI is InChI=1S/C29H30N4O3.C26H27F3N4O3.C23H24N4O4/c1-18(2)27-24(17-26(34)35)28(33(3)4)32-25(31-27)15-19-9-13-23(14-10-19)30-29(36)22-12-11-20-7-5-6-8-21(20)16-22;1-15(2)23-20(14-22(34)35)24(33(3)4)32-21(31-23)13-16-5-11-19(12-6-16)30-25(36)17-7-9-18(10-8-17)26(27,28)29;1-27(2)22-18(13-21(28)29)14-24-20(26-22)12-16-8-10-19(11-9-16)25-23(30)31-15-17-6-4-3-5-7-17/h5-14,16,18H,15,17H2,1-4H3,(H,30,36)(H,34,35);5-12,15H,13-14H2,1-4H3,(H,30,36)(H,34,35);3-11,14H,12-13,15H2,1-2H3,(H,25,30)(H,28,29). The Balaban J connectivity index is 0.000000196. The Bertz CT molecular complexity index is 4560. The van der Waals surface area contributed by atoms with Crippen LogP contribution in [0, 0.1) is 0 Å². The number of nitrogens with one attached hydrogen (secondary N) is 3. The van der Waals surface area contributed by atoms with Crippen LogP contribution in [-0.4, -0.2) is 123 Å². The number of rotatable bonds is 24. The van der Waals surface area contributed by atoms with Crippen LogP contribution in [0.1, 0.15) is 134 Å². The van der Waals surface area contributed by atoms with Crippen molar-refractivity contribution < 1.29 is 62.0 Å². The number of ether oxygens (including phenoxy) is 1. The van der Waals surface area contributed by atoms with E-state index < -0.39 is 41.6 Å². The third-order valence-corrected chi connectivity index (χ3v) is 15.8. The largest absolute Gasteiger partial charge is 0.481 e. The van der Waals surface area contributed by atoms with Crippen LogP contribution in [0.4, 0.5) is 52.5 Å². The first-order valence-electron chi connectivity index (χ1n) is 32.8. The average Bonchev–Trinajstić information content (AvgIpc) is 0.805. The van der Waals surface area contributed by atoms with Crippen molar-refractivity contribution in [2.75, 3.05) is 72.9 Å². The first-order chi connectivity index (χ1) is 49.0. The van der Waals surface area contributed by atoms with Gasteiger partial charge in [-0.1, -0.05) is 125 Å². The molecule has 103 heavy (non-hydrogen) atoms. The zero-order chi connectivity index (χ0) is 74.7. The number of aliphatic carboxylic acids is 3. The molecule has 0 radical (unpaired) electrons. The summed E-state index contributed by atoms with van der Waals surface area (Å²) in [6.07, 6.45) is -2.49. The van der Waals surface area contributed by atoms with Gasteiger partial charge in [0.05, 0.1) is 36.2 Å². The maximum absolute atomic E-state index is 12.8. The molecule has 10 rings (SSSR count). The summed E-state index contributed by atoms with van der Waals surface area (Å²) < 4.78 is 43.4. The molecule has 0 saturated heterocycles. The van der Waals surface area contributed by atoms with Gasteiger partial charge in [-0.25, -0.2) is 34.7 Å². The molecule has 25 heteroatoms. The summed E-state index contributed by atoms with van der Waals surface area (Å²) in [6.45, 7) is 8.11. The van der Waals surface area contributed by atoms with Crippen LogP contribution in [-0.2, 0) is 70.4 Å². The molecule has 0 atom stereocenters. The minimum absolute atomic E-state index is 0.00239. The van der Waals surface area contributed by atoms with Crippen molar-refractivity contribution in [3.63, 3.8) is 0 Å². The number of aromatic nitrogens is 6. The lowest BCUT2D eigenvalue weighted by Gasteiger charge is -2.21. The number of hydrogen-bond acceptors (Lipinski definition) is 16. The van der Waals surface area contributed by atoms with Gasteiger partial charge in [-0.05, 0) is 118 Å². The number of alkyl halides is 3. The number of carboxylic acid groups (broad SMARTS) is 3. The van der Waals surface area contributed by atoms with Gasteiger partial charge >= 0.3 is 30.2 Å². The number of carbonyl (C=O) groups excluding carboxylic acids is 3. The van der Waals surface area contributed by atoms with Crippen molar-refractivity contribution >= 4 is 81.1 Å². The molecule has 0 spiro atoms. The lowest BCUT2D eigenvalue weighted by Crippen LogP contribution is -2.20. The molecule has 0 bridgehead atoms. The van der Waals surface area contributed by atoms with Crippen molar-refractivity contribution in [1.82, 2.24) is 29.9 Å². The highest BCUT2D eigenvalue weighted by molar-refractivity contribution is 6.06. The predicted octanol–water partition coefficient (Wildman–Crippen LogP) is 14.0. The van der Waals surface area contributed by atoms with Gasteiger partial charge in [0.2, 0.25) is 0 Å². The maximum Gasteiger partial charge on any atom is 0.416 e. The van der Waals surface area contributed by atoms with E-state index in [-0.39, 0.29) is 49.2 Å². The lowest BCUT2D eigenvalue weighted by molar-refractivity contribution is -0.138. The highest BCUT2D eigenvalue weighted by Gasteiger charge is 2.30. The summed E-state index contributed by atoms with van der Waals surface area (Å²) >= 11 is 0. The molecule has 0 aliphatic rings. The number of nitrogens with zero attached hydrogens (tertiary/aromatic N) is 9. The smallest absolute Gasteiger partial charge is 0.416 e. The number of hydrogen-bond donors (Lipinski definition) is 6. The van der Waals surface area contributed by atoms with Gasteiger partial charge < -0.3 is 45.4 Å². The first-order valence-corrected chi connectivity index (χ1v) is 32.8. The number of benzene rings is 7. The summed E-state index contributed by atoms with van der Waals surface area (Å²) in [5.74, 6) is 0.129. The van der Waals surface area contributed by atoms with Crippen LogP contribution < -0.4 is 30.7 Å². The topological polar surface area (TPSA) is 295 Å². The predicted molar refractivity (Wildman–Crippen MR) is 391 cm³/mol. The monoisotopic (exact) mass is 1400 g/mol. The second kappa shape index (κ2) is 35.3. The van der Waals surface area contributed by atoms with E-state index in [1.54, 1.807) is 66.5 Å². The van der Waals surface area contributed by atoms with E-state index in [9.17, 15) is 52.2 Å². The van der Waals surface area contributed by atoms with Crippen LogP contribution >= 0.6 is 0 Å². The summed E-state index contributed by atoms with van der Waals surface area (Å²) in [5, 5.41) is 38.2. The molecule has 3 aromatic heterocycles. The fraction of sp³-hybridized carbons (Fsp3) is 0.256. The van der Waals surface area contributed by atoms with Crippen LogP contribution in [0.15, 0.2) is 176 Å². The Morgan fingerprint density at radius 2 is 0.854 bits per heavy atom. The lowest BCUT2D eigenvalue weighted by atomic mass is 10.0. The molecule has 0 unspecified atom stereocenters. The fourth-order valence-corrected chi connectivity index (χ4v) is 10.8. The Morgan fingerprint density at radius 1 is 0.447 bits per heavy atom. The summed E-state index contributed by atoms with van der Waals surface area (Å²) in [7, 11) is 10.9. The highest BCUT2D eigenvalue weighted by Crippen LogP contribution is 2.32. The quantitative estimate of drug-likeness (QED) is 0.0328. The normalized spacial score (nSPS) is 11.0. The van der Waals surface area contributed by atoms with Gasteiger partial charge in [-0.2, -0.15) is 13.2 Å². The van der Waals surface area contributed by atoms with E-state index in [0.717, 1.165) is 63.0 Å². The third kappa shape index (κ3) is 22.4. The molecule has 534 valence electrons. The summed E-state index contributed by atoms with van der Waals surface area (Å²) in [6, 6.07) is 48.9. The molecule has 0 saturated carbocycles. The minimum atomic E-state index is -4.46. The molecule has 10 aromatic rings. The van der Waals surface area contributed by atoms with Crippen LogP contribution in [0.3, 0.4) is 0 Å². The van der Waals surface area contributed by atoms with Gasteiger partial charge in [0.25, 0.3) is 11.8 Å². The number of halogens is 3. The second-order valence-electron chi connectivity index (χ2n) is 25.3. The number of carboxylic acids is 3. The molecular weight excluding hydrogens is 1320 g/mol. The number of fused-ring (bicyclic) bond motifs is 1. The Hall–Kier alpha value is -12.2. The minimum Gasteiger partial charge on any atom is -0.481 e. The van der Waals surface area contributed by atoms with Crippen LogP contribution in [0.5, 0.6) is 0 Å². The first kappa shape index (κ1) is 76.6. The zero-order valence-corrected chi connectivity index (χ0v) is 58.7. The molecule has 0 aliphatic carbocycles. The zero-order valence-electron chi connectivity index (χ0n) is 58.7. The van der Waals surface area contributed by atoms with Gasteiger partial charge in [0.1, 0.15) is 41.5 Å². The molecule has 22 nitrogen and oxygen atoms in total. The van der Waals surface area contributed by atoms with E-state index in [1.165, 1.54) is 0 Å². The maximum atomic E-state index is 12.8. The van der Waals surface area contributed by atoms with E-state index in [0.29, 0.717) is 99.2 Å². The van der Waals surface area contributed by atoms with Crippen molar-refractivity contribution in [1.29, 1.82) is 0 Å². The Morgan fingerprint density at radius 3 is 1.29 bits per heavy atom. The van der Waals surface area contributed by atoms with E-state index in [4.69, 9.17) is 14.8 Å². The number of amides is 3. The third-order valence-electron chi connectivity index (χ3n) is 15.8. The van der Waals surface area contributed by atoms with Crippen molar-refractivity contribution in [3.8, 4) is 0 Å². The van der Waals surface area contributed by atoms with E-state index in [1.807, 2.05) is 170 Å². The van der Waals surface area contributed by atoms with Gasteiger partial charge in [-0.3, -0.25) is 29.3 Å². The number of anilines is 6. The van der Waals surface area contributed by atoms with Gasteiger partial charge in [0.15, 0.2) is 0 Å². The van der Waals surface area contributed by atoms with Crippen molar-refractivity contribution in [3.05, 3.63) is 261 Å². The highest BCUT2D eigenvalue weighted by atomic mass is 19.4. The number of carbonyl (C=O) groups is 6. The Labute approximate surface area is 594 Å². The van der Waals surface area contributed by atoms with E-state index in [2.05, 4.69) is 40.9 Å². The molecule has 3 heterocycles. The second-order valence-corrected chi connectivity index (χ2v) is 25.3. The SMILES string of the molecule is CC(C)c1nc(Cc2ccc(NC(=O)c3ccc(C(F)(F)F)cc3)cc2)nc(N(C)C)c1CC(=O)O.CC(C)c1nc(Cc2ccc(NC(=O)c3ccc4ccccc4c3)cc2)nc(N(C)C)c1CC(=O)O.CN(C)c1nc(Cc2ccc(NC(=O)OCc3ccccc3)cc2)ncc1CC(=O)O. The van der Waals surface area contributed by atoms with Gasteiger partial charge in [0, 0.05) is 113 Å². The van der Waals surface area contributed by atoms with Crippen LogP contribution in [0.2, 0.25) is 0 Å². The molecule has 7 aromatic carbocycles. The molecule has 3 amide bonds. The van der Waals surface area contributed by atoms with E-state index >= 15 is 0 Å². The van der Waals surface area contributed by atoms with Crippen LogP contribution in [0.25, 0.3) is 10.8 Å². The average molecular weight is 1400 g/mol. The molecule has 0 aliphatic heterocycles. The fourth-order valence-electron chi connectivity index (χ4n) is 10.8. The molecule has 0 fully saturated rings. The van der Waals surface area contributed by atoms with Crippen molar-refractivity contribution in [2.24, 2.45) is 0 Å². The summed E-state index contributed by atoms with van der Waals surface area (Å²) in [4.78, 5) is 104. The van der Waals surface area contributed by atoms with Gasteiger partial charge in [-0.15, -0.1) is 0 Å².